The van der Waals surface area contributed by atoms with Crippen LogP contribution in [0.3, 0.4) is 0 Å². The van der Waals surface area contributed by atoms with E-state index in [9.17, 15) is 14.4 Å². The van der Waals surface area contributed by atoms with E-state index in [0.717, 1.165) is 17.7 Å². The molecule has 4 N–H and O–H groups in total. The van der Waals surface area contributed by atoms with Crippen molar-refractivity contribution in [3.63, 3.8) is 0 Å². The number of hydrogen-bond donors (Lipinski definition) is 3. The van der Waals surface area contributed by atoms with Crippen LogP contribution in [0.2, 0.25) is 10.0 Å². The molecule has 4 amide bonds. The molecular formula is C17H20Cl2N4O3. The number of imide groups is 1. The highest BCUT2D eigenvalue weighted by atomic mass is 35.5. The monoisotopic (exact) mass is 398 g/mol. The number of urea groups is 1. The summed E-state index contributed by atoms with van der Waals surface area (Å²) < 4.78 is 0. The molecule has 2 aliphatic rings. The van der Waals surface area contributed by atoms with Gasteiger partial charge in [-0.15, -0.1) is 0 Å². The first-order valence-corrected chi connectivity index (χ1v) is 9.16. The zero-order valence-electron chi connectivity index (χ0n) is 14.3. The van der Waals surface area contributed by atoms with Crippen molar-refractivity contribution in [1.82, 2.24) is 10.2 Å². The highest BCUT2D eigenvalue weighted by molar-refractivity contribution is 6.39. The molecule has 9 heteroatoms. The van der Waals surface area contributed by atoms with E-state index in [1.165, 1.54) is 12.1 Å². The summed E-state index contributed by atoms with van der Waals surface area (Å²) in [7, 11) is 0. The number of nitrogen functional groups attached to an aromatic ring is 1. The van der Waals surface area contributed by atoms with E-state index < -0.39 is 17.5 Å². The number of carbonyl (C=O) groups is 3. The van der Waals surface area contributed by atoms with E-state index in [0.29, 0.717) is 24.4 Å². The summed E-state index contributed by atoms with van der Waals surface area (Å²) in [5, 5.41) is 5.78. The number of nitrogens with zero attached hydrogens (tertiary/aromatic N) is 1. The molecule has 2 fully saturated rings. The van der Waals surface area contributed by atoms with Crippen LogP contribution in [0.25, 0.3) is 0 Å². The number of nitrogens with two attached hydrogens (primary N) is 1. The van der Waals surface area contributed by atoms with Gasteiger partial charge in [0.2, 0.25) is 5.91 Å². The molecular weight excluding hydrogens is 379 g/mol. The van der Waals surface area contributed by atoms with E-state index in [1.807, 2.05) is 0 Å². The minimum Gasteiger partial charge on any atom is -0.396 e. The molecule has 1 saturated heterocycles. The standard InChI is InChI=1S/C17H20Cl2N4O3/c1-9-2-4-17(5-3-9)15(25)23(16(26)22-17)8-13(24)21-10-6-11(18)14(20)12(19)7-10/h6-7,9H,2-5,8,20H2,1H3,(H,21,24)(H,22,26). The van der Waals surface area contributed by atoms with Crippen molar-refractivity contribution < 1.29 is 14.4 Å². The van der Waals surface area contributed by atoms with Crippen molar-refractivity contribution in [3.8, 4) is 0 Å². The van der Waals surface area contributed by atoms with Crippen LogP contribution in [0.4, 0.5) is 16.2 Å². The number of amides is 4. The van der Waals surface area contributed by atoms with Gasteiger partial charge >= 0.3 is 6.03 Å². The maximum atomic E-state index is 12.7. The first kappa shape index (κ1) is 18.8. The van der Waals surface area contributed by atoms with Crippen molar-refractivity contribution in [2.24, 2.45) is 5.92 Å². The van der Waals surface area contributed by atoms with Crippen LogP contribution in [-0.4, -0.2) is 34.8 Å². The molecule has 26 heavy (non-hydrogen) atoms. The fourth-order valence-corrected chi connectivity index (χ4v) is 3.90. The van der Waals surface area contributed by atoms with Crippen LogP contribution in [0.5, 0.6) is 0 Å². The third-order valence-corrected chi connectivity index (χ3v) is 5.66. The fourth-order valence-electron chi connectivity index (χ4n) is 3.41. The SMILES string of the molecule is CC1CCC2(CC1)NC(=O)N(CC(=O)Nc1cc(Cl)c(N)c(Cl)c1)C2=O. The summed E-state index contributed by atoms with van der Waals surface area (Å²) in [5.41, 5.74) is 5.35. The first-order valence-electron chi connectivity index (χ1n) is 8.40. The number of halogens is 2. The lowest BCUT2D eigenvalue weighted by Crippen LogP contribution is -2.49. The third kappa shape index (κ3) is 3.46. The second kappa shape index (κ2) is 6.96. The molecule has 0 bridgehead atoms. The van der Waals surface area contributed by atoms with Gasteiger partial charge in [-0.05, 0) is 43.7 Å². The molecule has 1 aromatic rings. The van der Waals surface area contributed by atoms with Gasteiger partial charge in [-0.2, -0.15) is 0 Å². The maximum absolute atomic E-state index is 12.7. The number of carbonyl (C=O) groups excluding carboxylic acids is 3. The van der Waals surface area contributed by atoms with Crippen LogP contribution in [0.15, 0.2) is 12.1 Å². The van der Waals surface area contributed by atoms with Gasteiger partial charge in [-0.1, -0.05) is 30.1 Å². The molecule has 0 radical (unpaired) electrons. The van der Waals surface area contributed by atoms with Crippen LogP contribution in [-0.2, 0) is 9.59 Å². The quantitative estimate of drug-likeness (QED) is 0.537. The fraction of sp³-hybridized carbons (Fsp3) is 0.471. The minimum atomic E-state index is -0.863. The average Bonchev–Trinajstić information content (AvgIpc) is 2.80. The molecule has 0 atom stereocenters. The van der Waals surface area contributed by atoms with E-state index in [-0.39, 0.29) is 28.2 Å². The Morgan fingerprint density at radius 1 is 1.31 bits per heavy atom. The Balaban J connectivity index is 1.68. The Morgan fingerprint density at radius 3 is 2.46 bits per heavy atom. The number of hydrogen-bond acceptors (Lipinski definition) is 4. The molecule has 1 heterocycles. The number of rotatable bonds is 3. The van der Waals surface area contributed by atoms with E-state index in [1.54, 1.807) is 0 Å². The lowest BCUT2D eigenvalue weighted by atomic mass is 9.77. The highest BCUT2D eigenvalue weighted by Gasteiger charge is 2.52. The Kier molecular flexibility index (Phi) is 5.03. The number of anilines is 2. The largest absolute Gasteiger partial charge is 0.396 e. The Bertz CT molecular complexity index is 752. The zero-order chi connectivity index (χ0) is 19.1. The van der Waals surface area contributed by atoms with Crippen molar-refractivity contribution >= 4 is 52.4 Å². The summed E-state index contributed by atoms with van der Waals surface area (Å²) in [5.74, 6) is -0.327. The van der Waals surface area contributed by atoms with Gasteiger partial charge in [-0.25, -0.2) is 4.79 Å². The molecule has 1 spiro atoms. The summed E-state index contributed by atoms with van der Waals surface area (Å²) in [6.07, 6.45) is 2.93. The molecule has 140 valence electrons. The third-order valence-electron chi connectivity index (χ3n) is 5.04. The second-order valence-electron chi connectivity index (χ2n) is 6.99. The maximum Gasteiger partial charge on any atom is 0.325 e. The van der Waals surface area contributed by atoms with Crippen molar-refractivity contribution in [2.45, 2.75) is 38.1 Å². The van der Waals surface area contributed by atoms with Crippen LogP contribution in [0.1, 0.15) is 32.6 Å². The summed E-state index contributed by atoms with van der Waals surface area (Å²) in [6.45, 7) is 1.75. The lowest BCUT2D eigenvalue weighted by molar-refractivity contribution is -0.135. The Hall–Kier alpha value is -1.99. The Labute approximate surface area is 161 Å². The van der Waals surface area contributed by atoms with E-state index >= 15 is 0 Å². The number of nitrogens with one attached hydrogen (secondary N) is 2. The van der Waals surface area contributed by atoms with Crippen molar-refractivity contribution in [1.29, 1.82) is 0 Å². The van der Waals surface area contributed by atoms with E-state index in [4.69, 9.17) is 28.9 Å². The predicted molar refractivity (Wildman–Crippen MR) is 100 cm³/mol. The molecule has 0 unspecified atom stereocenters. The smallest absolute Gasteiger partial charge is 0.325 e. The summed E-state index contributed by atoms with van der Waals surface area (Å²) in [4.78, 5) is 38.2. The Morgan fingerprint density at radius 2 is 1.88 bits per heavy atom. The van der Waals surface area contributed by atoms with Gasteiger partial charge in [0.15, 0.2) is 0 Å². The molecule has 1 aliphatic carbocycles. The summed E-state index contributed by atoms with van der Waals surface area (Å²) in [6, 6.07) is 2.38. The van der Waals surface area contributed by atoms with E-state index in [2.05, 4.69) is 17.6 Å². The molecule has 3 rings (SSSR count). The lowest BCUT2D eigenvalue weighted by Gasteiger charge is -2.33. The van der Waals surface area contributed by atoms with Gasteiger partial charge in [-0.3, -0.25) is 14.5 Å². The highest BCUT2D eigenvalue weighted by Crippen LogP contribution is 2.36. The minimum absolute atomic E-state index is 0.207. The van der Waals surface area contributed by atoms with Crippen LogP contribution < -0.4 is 16.4 Å². The van der Waals surface area contributed by atoms with Gasteiger partial charge in [0.05, 0.1) is 15.7 Å². The van der Waals surface area contributed by atoms with Crippen LogP contribution >= 0.6 is 23.2 Å². The average molecular weight is 399 g/mol. The van der Waals surface area contributed by atoms with Crippen molar-refractivity contribution in [2.75, 3.05) is 17.6 Å². The van der Waals surface area contributed by atoms with Crippen LogP contribution in [0, 0.1) is 5.92 Å². The number of benzene rings is 1. The van der Waals surface area contributed by atoms with Crippen molar-refractivity contribution in [3.05, 3.63) is 22.2 Å². The topological polar surface area (TPSA) is 105 Å². The molecule has 1 aliphatic heterocycles. The summed E-state index contributed by atoms with van der Waals surface area (Å²) >= 11 is 11.9. The zero-order valence-corrected chi connectivity index (χ0v) is 15.8. The molecule has 7 nitrogen and oxygen atoms in total. The predicted octanol–water partition coefficient (Wildman–Crippen LogP) is 3.01. The van der Waals surface area contributed by atoms with Gasteiger partial charge in [0, 0.05) is 5.69 Å². The van der Waals surface area contributed by atoms with Gasteiger partial charge < -0.3 is 16.4 Å². The first-order chi connectivity index (χ1) is 12.2. The normalized spacial score (nSPS) is 25.5. The molecule has 1 aromatic carbocycles. The molecule has 1 saturated carbocycles. The van der Waals surface area contributed by atoms with Gasteiger partial charge in [0.25, 0.3) is 5.91 Å². The second-order valence-corrected chi connectivity index (χ2v) is 7.80. The molecule has 0 aromatic heterocycles. The van der Waals surface area contributed by atoms with Gasteiger partial charge in [0.1, 0.15) is 12.1 Å².